The summed E-state index contributed by atoms with van der Waals surface area (Å²) in [6.45, 7) is 0. The number of nitro benzene ring substituents is 1. The first-order valence-electron chi connectivity index (χ1n) is 4.17. The van der Waals surface area contributed by atoms with Gasteiger partial charge in [-0.1, -0.05) is 11.6 Å². The molecule has 86 valence electrons. The second-order valence-corrected chi connectivity index (χ2v) is 3.30. The zero-order valence-corrected chi connectivity index (χ0v) is 8.97. The molecule has 0 saturated heterocycles. The molecule has 0 bridgehead atoms. The third kappa shape index (κ3) is 2.47. The minimum absolute atomic E-state index is 0.141. The zero-order valence-electron chi connectivity index (χ0n) is 8.21. The lowest BCUT2D eigenvalue weighted by molar-refractivity contribution is -0.384. The standard InChI is InChI=1S/C9H8ClNO5/c1-16-9(13)8(12)5-2-3-7(11(14)15)6(10)4-5/h2-4,8,12H,1H3. The number of esters is 1. The van der Waals surface area contributed by atoms with Crippen molar-refractivity contribution in [1.82, 2.24) is 0 Å². The maximum absolute atomic E-state index is 11.0. The van der Waals surface area contributed by atoms with E-state index in [9.17, 15) is 20.0 Å². The molecule has 0 saturated carbocycles. The van der Waals surface area contributed by atoms with Crippen LogP contribution >= 0.6 is 11.6 Å². The van der Waals surface area contributed by atoms with Gasteiger partial charge in [0.25, 0.3) is 5.69 Å². The molecule has 0 fully saturated rings. The molecule has 0 aromatic heterocycles. The minimum Gasteiger partial charge on any atom is -0.467 e. The molecule has 1 rings (SSSR count). The van der Waals surface area contributed by atoms with Crippen LogP contribution in [-0.2, 0) is 9.53 Å². The Kier molecular flexibility index (Phi) is 3.81. The van der Waals surface area contributed by atoms with Crippen molar-refractivity contribution in [3.05, 3.63) is 38.9 Å². The summed E-state index contributed by atoms with van der Waals surface area (Å²) >= 11 is 5.61. The normalized spacial score (nSPS) is 11.9. The van der Waals surface area contributed by atoms with E-state index in [1.54, 1.807) is 0 Å². The number of aliphatic hydroxyl groups excluding tert-OH is 1. The van der Waals surface area contributed by atoms with Gasteiger partial charge in [0.2, 0.25) is 0 Å². The molecule has 0 aliphatic carbocycles. The van der Waals surface area contributed by atoms with Crippen LogP contribution in [0.3, 0.4) is 0 Å². The first kappa shape index (κ1) is 12.4. The molecule has 1 aromatic carbocycles. The van der Waals surface area contributed by atoms with Gasteiger partial charge in [0.1, 0.15) is 5.02 Å². The maximum Gasteiger partial charge on any atom is 0.339 e. The maximum atomic E-state index is 11.0. The van der Waals surface area contributed by atoms with Crippen molar-refractivity contribution in [2.24, 2.45) is 0 Å². The van der Waals surface area contributed by atoms with Crippen molar-refractivity contribution in [3.8, 4) is 0 Å². The molecule has 1 N–H and O–H groups in total. The van der Waals surface area contributed by atoms with Crippen molar-refractivity contribution < 1.29 is 19.6 Å². The second-order valence-electron chi connectivity index (χ2n) is 2.89. The molecule has 7 heteroatoms. The first-order chi connectivity index (χ1) is 7.47. The molecule has 0 aliphatic heterocycles. The predicted octanol–water partition coefficient (Wildman–Crippen LogP) is 1.45. The van der Waals surface area contributed by atoms with Crippen LogP contribution in [0.25, 0.3) is 0 Å². The van der Waals surface area contributed by atoms with E-state index < -0.39 is 17.0 Å². The highest BCUT2D eigenvalue weighted by atomic mass is 35.5. The summed E-state index contributed by atoms with van der Waals surface area (Å²) in [7, 11) is 1.12. The van der Waals surface area contributed by atoms with E-state index >= 15 is 0 Å². The van der Waals surface area contributed by atoms with Gasteiger partial charge < -0.3 is 9.84 Å². The zero-order chi connectivity index (χ0) is 12.3. The molecule has 1 atom stereocenters. The average molecular weight is 246 g/mol. The fourth-order valence-corrected chi connectivity index (χ4v) is 1.35. The highest BCUT2D eigenvalue weighted by molar-refractivity contribution is 6.32. The van der Waals surface area contributed by atoms with Gasteiger partial charge >= 0.3 is 5.97 Å². The Morgan fingerprint density at radius 3 is 2.69 bits per heavy atom. The molecular weight excluding hydrogens is 238 g/mol. The molecule has 0 spiro atoms. The number of methoxy groups -OCH3 is 1. The second kappa shape index (κ2) is 4.91. The molecular formula is C9H8ClNO5. The smallest absolute Gasteiger partial charge is 0.339 e. The van der Waals surface area contributed by atoms with Gasteiger partial charge in [0.15, 0.2) is 6.10 Å². The summed E-state index contributed by atoms with van der Waals surface area (Å²) in [5.74, 6) is -0.857. The first-order valence-corrected chi connectivity index (χ1v) is 4.55. The van der Waals surface area contributed by atoms with Crippen LogP contribution in [0.1, 0.15) is 11.7 Å². The third-order valence-electron chi connectivity index (χ3n) is 1.91. The van der Waals surface area contributed by atoms with Crippen LogP contribution < -0.4 is 0 Å². The van der Waals surface area contributed by atoms with Crippen LogP contribution in [0, 0.1) is 10.1 Å². The Balaban J connectivity index is 3.06. The lowest BCUT2D eigenvalue weighted by Gasteiger charge is -2.08. The Morgan fingerprint density at radius 1 is 1.62 bits per heavy atom. The Morgan fingerprint density at radius 2 is 2.25 bits per heavy atom. The molecule has 1 aromatic rings. The van der Waals surface area contributed by atoms with E-state index in [-0.39, 0.29) is 16.3 Å². The summed E-state index contributed by atoms with van der Waals surface area (Å²) in [4.78, 5) is 20.8. The largest absolute Gasteiger partial charge is 0.467 e. The summed E-state index contributed by atoms with van der Waals surface area (Å²) in [5.41, 5.74) is -0.148. The van der Waals surface area contributed by atoms with Crippen molar-refractivity contribution >= 4 is 23.3 Å². The van der Waals surface area contributed by atoms with Crippen molar-refractivity contribution in [3.63, 3.8) is 0 Å². The number of ether oxygens (including phenoxy) is 1. The van der Waals surface area contributed by atoms with Crippen LogP contribution in [0.2, 0.25) is 5.02 Å². The number of nitrogens with zero attached hydrogens (tertiary/aromatic N) is 1. The van der Waals surface area contributed by atoms with Crippen molar-refractivity contribution in [1.29, 1.82) is 0 Å². The van der Waals surface area contributed by atoms with E-state index in [0.717, 1.165) is 19.2 Å². The number of nitro groups is 1. The van der Waals surface area contributed by atoms with Crippen LogP contribution in [0.15, 0.2) is 18.2 Å². The summed E-state index contributed by atoms with van der Waals surface area (Å²) in [6, 6.07) is 3.51. The van der Waals surface area contributed by atoms with E-state index in [1.807, 2.05) is 0 Å². The number of aliphatic hydroxyl groups is 1. The number of carbonyl (C=O) groups is 1. The van der Waals surface area contributed by atoms with E-state index in [0.29, 0.717) is 0 Å². The highest BCUT2D eigenvalue weighted by Crippen LogP contribution is 2.27. The van der Waals surface area contributed by atoms with Gasteiger partial charge in [-0.2, -0.15) is 0 Å². The number of halogens is 1. The van der Waals surface area contributed by atoms with Gasteiger partial charge in [0, 0.05) is 6.07 Å². The van der Waals surface area contributed by atoms with Gasteiger partial charge in [-0.05, 0) is 17.7 Å². The van der Waals surface area contributed by atoms with Gasteiger partial charge in [0.05, 0.1) is 12.0 Å². The Labute approximate surface area is 95.6 Å². The van der Waals surface area contributed by atoms with Gasteiger partial charge in [-0.25, -0.2) is 4.79 Å². The van der Waals surface area contributed by atoms with Crippen LogP contribution in [-0.4, -0.2) is 23.1 Å². The summed E-state index contributed by atoms with van der Waals surface area (Å²) in [5, 5.41) is 19.8. The average Bonchev–Trinajstić information content (AvgIpc) is 2.26. The number of rotatable bonds is 3. The minimum atomic E-state index is -1.50. The number of carbonyl (C=O) groups excluding carboxylic acids is 1. The lowest BCUT2D eigenvalue weighted by atomic mass is 10.1. The van der Waals surface area contributed by atoms with Crippen LogP contribution in [0.5, 0.6) is 0 Å². The Bertz CT molecular complexity index is 434. The molecule has 0 heterocycles. The fourth-order valence-electron chi connectivity index (χ4n) is 1.09. The molecule has 1 unspecified atom stereocenters. The summed E-state index contributed by atoms with van der Waals surface area (Å²) < 4.78 is 4.32. The lowest BCUT2D eigenvalue weighted by Crippen LogP contribution is -2.13. The molecule has 0 radical (unpaired) electrons. The molecule has 0 amide bonds. The number of hydrogen-bond donors (Lipinski definition) is 1. The quantitative estimate of drug-likeness (QED) is 0.495. The third-order valence-corrected chi connectivity index (χ3v) is 2.21. The van der Waals surface area contributed by atoms with Gasteiger partial charge in [-0.15, -0.1) is 0 Å². The fraction of sp³-hybridized carbons (Fsp3) is 0.222. The van der Waals surface area contributed by atoms with E-state index in [1.165, 1.54) is 6.07 Å². The van der Waals surface area contributed by atoms with E-state index in [2.05, 4.69) is 4.74 Å². The van der Waals surface area contributed by atoms with Crippen molar-refractivity contribution in [2.45, 2.75) is 6.10 Å². The van der Waals surface area contributed by atoms with Crippen LogP contribution in [0.4, 0.5) is 5.69 Å². The monoisotopic (exact) mass is 245 g/mol. The predicted molar refractivity (Wildman–Crippen MR) is 55.1 cm³/mol. The molecule has 6 nitrogen and oxygen atoms in total. The Hall–Kier alpha value is -1.66. The molecule has 0 aliphatic rings. The van der Waals surface area contributed by atoms with Gasteiger partial charge in [-0.3, -0.25) is 10.1 Å². The highest BCUT2D eigenvalue weighted by Gasteiger charge is 2.21. The number of benzene rings is 1. The topological polar surface area (TPSA) is 89.7 Å². The SMILES string of the molecule is COC(=O)C(O)c1ccc([N+](=O)[O-])c(Cl)c1. The van der Waals surface area contributed by atoms with E-state index in [4.69, 9.17) is 11.6 Å². The molecule has 16 heavy (non-hydrogen) atoms. The van der Waals surface area contributed by atoms with Crippen molar-refractivity contribution in [2.75, 3.05) is 7.11 Å². The summed E-state index contributed by atoms with van der Waals surface area (Å²) in [6.07, 6.45) is -1.50. The number of hydrogen-bond acceptors (Lipinski definition) is 5.